The van der Waals surface area contributed by atoms with Gasteiger partial charge < -0.3 is 10.8 Å². The van der Waals surface area contributed by atoms with Crippen LogP contribution in [0.3, 0.4) is 0 Å². The second-order valence-electron chi connectivity index (χ2n) is 3.93. The topological polar surface area (TPSA) is 77.0 Å². The molecule has 0 aromatic carbocycles. The molecule has 3 N–H and O–H groups in total. The lowest BCUT2D eigenvalue weighted by atomic mass is 10.0. The minimum absolute atomic E-state index is 0.0852. The standard InChI is InChI=1S/C9H16N4O/c1-2-13-8(11-6-12-13)9(14)4-3-7(10)5-9/h6-7,14H,2-5,10H2,1H3. The largest absolute Gasteiger partial charge is 0.382 e. The van der Waals surface area contributed by atoms with Crippen molar-refractivity contribution in [2.75, 3.05) is 0 Å². The maximum Gasteiger partial charge on any atom is 0.158 e. The SMILES string of the molecule is CCn1ncnc1C1(O)CCC(N)C1. The van der Waals surface area contributed by atoms with Gasteiger partial charge in [-0.1, -0.05) is 0 Å². The molecule has 0 bridgehead atoms. The van der Waals surface area contributed by atoms with E-state index in [1.165, 1.54) is 6.33 Å². The van der Waals surface area contributed by atoms with Crippen LogP contribution in [0.15, 0.2) is 6.33 Å². The molecule has 1 fully saturated rings. The maximum absolute atomic E-state index is 10.3. The van der Waals surface area contributed by atoms with Gasteiger partial charge in [0.25, 0.3) is 0 Å². The highest BCUT2D eigenvalue weighted by Crippen LogP contribution is 2.36. The summed E-state index contributed by atoms with van der Waals surface area (Å²) in [5.41, 5.74) is 4.94. The van der Waals surface area contributed by atoms with E-state index >= 15 is 0 Å². The van der Waals surface area contributed by atoms with Crippen molar-refractivity contribution in [1.29, 1.82) is 0 Å². The van der Waals surface area contributed by atoms with Gasteiger partial charge in [-0.25, -0.2) is 9.67 Å². The fourth-order valence-electron chi connectivity index (χ4n) is 2.12. The van der Waals surface area contributed by atoms with Crippen molar-refractivity contribution in [3.63, 3.8) is 0 Å². The van der Waals surface area contributed by atoms with Crippen molar-refractivity contribution in [3.8, 4) is 0 Å². The van der Waals surface area contributed by atoms with E-state index in [0.29, 0.717) is 18.7 Å². The summed E-state index contributed by atoms with van der Waals surface area (Å²) in [6.07, 6.45) is 3.62. The molecule has 1 aliphatic carbocycles. The Hall–Kier alpha value is -0.940. The molecule has 0 amide bonds. The monoisotopic (exact) mass is 196 g/mol. The number of aromatic nitrogens is 3. The third-order valence-electron chi connectivity index (χ3n) is 2.86. The summed E-state index contributed by atoms with van der Waals surface area (Å²) < 4.78 is 1.73. The van der Waals surface area contributed by atoms with Crippen LogP contribution in [-0.4, -0.2) is 25.9 Å². The Balaban J connectivity index is 2.30. The van der Waals surface area contributed by atoms with Crippen molar-refractivity contribution in [2.45, 2.75) is 44.4 Å². The molecule has 2 unspecified atom stereocenters. The fourth-order valence-corrected chi connectivity index (χ4v) is 2.12. The normalized spacial score (nSPS) is 32.4. The van der Waals surface area contributed by atoms with Gasteiger partial charge in [-0.3, -0.25) is 0 Å². The van der Waals surface area contributed by atoms with Crippen molar-refractivity contribution in [2.24, 2.45) is 5.73 Å². The molecular formula is C9H16N4O. The van der Waals surface area contributed by atoms with E-state index in [4.69, 9.17) is 5.73 Å². The average molecular weight is 196 g/mol. The highest BCUT2D eigenvalue weighted by atomic mass is 16.3. The first-order chi connectivity index (χ1) is 6.65. The molecule has 0 radical (unpaired) electrons. The molecule has 2 atom stereocenters. The second kappa shape index (κ2) is 3.33. The van der Waals surface area contributed by atoms with Crippen LogP contribution in [0.1, 0.15) is 32.0 Å². The highest BCUT2D eigenvalue weighted by Gasteiger charge is 2.40. The third-order valence-corrected chi connectivity index (χ3v) is 2.86. The van der Waals surface area contributed by atoms with Crippen LogP contribution < -0.4 is 5.73 Å². The van der Waals surface area contributed by atoms with Gasteiger partial charge >= 0.3 is 0 Å². The number of aliphatic hydroxyl groups is 1. The van der Waals surface area contributed by atoms with Crippen molar-refractivity contribution in [3.05, 3.63) is 12.2 Å². The van der Waals surface area contributed by atoms with E-state index in [1.807, 2.05) is 6.92 Å². The minimum Gasteiger partial charge on any atom is -0.382 e. The first kappa shape index (κ1) is 9.61. The quantitative estimate of drug-likeness (QED) is 0.698. The summed E-state index contributed by atoms with van der Waals surface area (Å²) in [7, 11) is 0. The number of nitrogens with two attached hydrogens (primary N) is 1. The van der Waals surface area contributed by atoms with Gasteiger partial charge in [0.1, 0.15) is 11.9 Å². The van der Waals surface area contributed by atoms with Gasteiger partial charge in [0.05, 0.1) is 0 Å². The number of hydrogen-bond acceptors (Lipinski definition) is 4. The number of nitrogens with zero attached hydrogens (tertiary/aromatic N) is 3. The van der Waals surface area contributed by atoms with E-state index in [0.717, 1.165) is 13.0 Å². The number of hydrogen-bond donors (Lipinski definition) is 2. The van der Waals surface area contributed by atoms with Gasteiger partial charge in [0, 0.05) is 12.6 Å². The highest BCUT2D eigenvalue weighted by molar-refractivity contribution is 5.06. The Morgan fingerprint density at radius 2 is 2.57 bits per heavy atom. The first-order valence-corrected chi connectivity index (χ1v) is 5.02. The molecule has 14 heavy (non-hydrogen) atoms. The zero-order valence-corrected chi connectivity index (χ0v) is 8.35. The molecule has 5 nitrogen and oxygen atoms in total. The predicted molar refractivity (Wildman–Crippen MR) is 51.4 cm³/mol. The molecule has 2 rings (SSSR count). The fraction of sp³-hybridized carbons (Fsp3) is 0.778. The summed E-state index contributed by atoms with van der Waals surface area (Å²) in [4.78, 5) is 4.12. The van der Waals surface area contributed by atoms with Crippen LogP contribution in [0.4, 0.5) is 0 Å². The molecule has 0 spiro atoms. The van der Waals surface area contributed by atoms with E-state index in [9.17, 15) is 5.11 Å². The lowest BCUT2D eigenvalue weighted by Crippen LogP contribution is -2.29. The van der Waals surface area contributed by atoms with Crippen LogP contribution >= 0.6 is 0 Å². The lowest BCUT2D eigenvalue weighted by Gasteiger charge is -2.21. The van der Waals surface area contributed by atoms with Gasteiger partial charge in [0.15, 0.2) is 5.82 Å². The smallest absolute Gasteiger partial charge is 0.158 e. The Morgan fingerprint density at radius 1 is 1.79 bits per heavy atom. The van der Waals surface area contributed by atoms with Crippen LogP contribution in [0.5, 0.6) is 0 Å². The van der Waals surface area contributed by atoms with Crippen molar-refractivity contribution >= 4 is 0 Å². The second-order valence-corrected chi connectivity index (χ2v) is 3.93. The lowest BCUT2D eigenvalue weighted by molar-refractivity contribution is 0.0292. The van der Waals surface area contributed by atoms with Gasteiger partial charge in [-0.15, -0.1) is 0 Å². The van der Waals surface area contributed by atoms with Gasteiger partial charge in [-0.05, 0) is 26.2 Å². The number of rotatable bonds is 2. The summed E-state index contributed by atoms with van der Waals surface area (Å²) >= 11 is 0. The zero-order chi connectivity index (χ0) is 10.2. The predicted octanol–water partition coefficient (Wildman–Crippen LogP) is -0.00320. The van der Waals surface area contributed by atoms with Crippen LogP contribution in [0, 0.1) is 0 Å². The Labute approximate surface area is 82.9 Å². The third kappa shape index (κ3) is 1.42. The molecule has 1 saturated carbocycles. The average Bonchev–Trinajstić information content (AvgIpc) is 2.73. The molecule has 0 aliphatic heterocycles. The van der Waals surface area contributed by atoms with Gasteiger partial charge in [0.2, 0.25) is 0 Å². The Kier molecular flexibility index (Phi) is 2.28. The molecule has 1 aromatic rings. The van der Waals surface area contributed by atoms with Crippen molar-refractivity contribution in [1.82, 2.24) is 14.8 Å². The summed E-state index contributed by atoms with van der Waals surface area (Å²) in [5, 5.41) is 14.4. The number of aryl methyl sites for hydroxylation is 1. The van der Waals surface area contributed by atoms with Crippen LogP contribution in [0.25, 0.3) is 0 Å². The van der Waals surface area contributed by atoms with Crippen LogP contribution in [-0.2, 0) is 12.1 Å². The Bertz CT molecular complexity index is 324. The van der Waals surface area contributed by atoms with Gasteiger partial charge in [-0.2, -0.15) is 5.10 Å². The van der Waals surface area contributed by atoms with Crippen LogP contribution in [0.2, 0.25) is 0 Å². The van der Waals surface area contributed by atoms with Crippen molar-refractivity contribution < 1.29 is 5.11 Å². The van der Waals surface area contributed by atoms with E-state index in [1.54, 1.807) is 4.68 Å². The molecule has 5 heteroatoms. The molecule has 78 valence electrons. The minimum atomic E-state index is -0.855. The summed E-state index contributed by atoms with van der Waals surface area (Å²) in [5.74, 6) is 0.660. The summed E-state index contributed by atoms with van der Waals surface area (Å²) in [6.45, 7) is 2.71. The van der Waals surface area contributed by atoms with E-state index in [-0.39, 0.29) is 6.04 Å². The molecule has 1 aromatic heterocycles. The van der Waals surface area contributed by atoms with E-state index in [2.05, 4.69) is 10.1 Å². The first-order valence-electron chi connectivity index (χ1n) is 5.02. The molecule has 1 aliphatic rings. The molecular weight excluding hydrogens is 180 g/mol. The Morgan fingerprint density at radius 3 is 3.14 bits per heavy atom. The zero-order valence-electron chi connectivity index (χ0n) is 8.35. The summed E-state index contributed by atoms with van der Waals surface area (Å²) in [6, 6.07) is 0.0852. The molecule has 1 heterocycles. The maximum atomic E-state index is 10.3. The van der Waals surface area contributed by atoms with E-state index < -0.39 is 5.60 Å². The molecule has 0 saturated heterocycles.